The summed E-state index contributed by atoms with van der Waals surface area (Å²) in [5, 5.41) is 0.306. The van der Waals surface area contributed by atoms with Crippen molar-refractivity contribution in [1.29, 1.82) is 0 Å². The minimum atomic E-state index is -1.83. The fourth-order valence-electron chi connectivity index (χ4n) is 1.99. The van der Waals surface area contributed by atoms with Crippen molar-refractivity contribution in [3.8, 4) is 0 Å². The fourth-order valence-corrected chi connectivity index (χ4v) is 3.82. The molecule has 3 heteroatoms. The van der Waals surface area contributed by atoms with E-state index in [-0.39, 0.29) is 0 Å². The van der Waals surface area contributed by atoms with Crippen molar-refractivity contribution < 1.29 is 4.79 Å². The Labute approximate surface area is 104 Å². The first-order valence-corrected chi connectivity index (χ1v) is 9.17. The fraction of sp³-hybridized carbons (Fsp3) is 0.429. The van der Waals surface area contributed by atoms with Crippen molar-refractivity contribution in [1.82, 2.24) is 0 Å². The van der Waals surface area contributed by atoms with Crippen LogP contribution in [0.4, 0.5) is 0 Å². The van der Waals surface area contributed by atoms with Crippen molar-refractivity contribution in [2.75, 3.05) is 6.54 Å². The van der Waals surface area contributed by atoms with Gasteiger partial charge in [0.1, 0.15) is 13.8 Å². The van der Waals surface area contributed by atoms with Gasteiger partial charge >= 0.3 is 0 Å². The quantitative estimate of drug-likeness (QED) is 0.699. The van der Waals surface area contributed by atoms with Gasteiger partial charge in [0.05, 0.1) is 0 Å². The van der Waals surface area contributed by atoms with E-state index in [9.17, 15) is 4.79 Å². The molecule has 90 valence electrons. The maximum atomic E-state index is 12.5. The minimum absolute atomic E-state index is 0.306. The summed E-state index contributed by atoms with van der Waals surface area (Å²) in [6.45, 7) is 9.31. The number of carbonyl (C=O) groups excluding carboxylic acids is 1. The highest BCUT2D eigenvalue weighted by Crippen LogP contribution is 2.28. The molecular weight excluding hydrogens is 226 g/mol. The summed E-state index contributed by atoms with van der Waals surface area (Å²) in [5.41, 5.74) is 3.35. The Bertz CT molecular complexity index is 474. The predicted molar refractivity (Wildman–Crippen MR) is 74.5 cm³/mol. The van der Waals surface area contributed by atoms with Gasteiger partial charge in [-0.25, -0.2) is 0 Å². The molecule has 1 atom stereocenters. The van der Waals surface area contributed by atoms with Crippen LogP contribution in [0.3, 0.4) is 0 Å². The van der Waals surface area contributed by atoms with E-state index in [0.29, 0.717) is 16.7 Å². The molecule has 2 rings (SSSR count). The second-order valence-electron chi connectivity index (χ2n) is 5.51. The third-order valence-corrected chi connectivity index (χ3v) is 7.93. The normalized spacial score (nSPS) is 23.4. The van der Waals surface area contributed by atoms with E-state index in [4.69, 9.17) is 0 Å². The van der Waals surface area contributed by atoms with E-state index in [1.165, 1.54) is 5.56 Å². The number of aliphatic imine (C=N–C) groups is 1. The second-order valence-corrected chi connectivity index (χ2v) is 10.4. The average Bonchev–Trinajstić information content (AvgIpc) is 2.29. The highest BCUT2D eigenvalue weighted by Gasteiger charge is 2.41. The smallest absolute Gasteiger partial charge is 0.158 e. The zero-order valence-electron chi connectivity index (χ0n) is 10.9. The highest BCUT2D eigenvalue weighted by molar-refractivity contribution is 7.14. The molecule has 0 aromatic heterocycles. The Balaban J connectivity index is 2.40. The van der Waals surface area contributed by atoms with Gasteiger partial charge in [-0.15, -0.1) is 0 Å². The van der Waals surface area contributed by atoms with Crippen LogP contribution in [0.15, 0.2) is 29.3 Å². The molecule has 0 aliphatic carbocycles. The lowest BCUT2D eigenvalue weighted by Gasteiger charge is -2.31. The molecule has 1 aliphatic rings. The monoisotopic (exact) mass is 245 g/mol. The van der Waals surface area contributed by atoms with Crippen molar-refractivity contribution in [3.05, 3.63) is 35.4 Å². The van der Waals surface area contributed by atoms with E-state index in [1.807, 2.05) is 24.3 Å². The Morgan fingerprint density at radius 2 is 1.82 bits per heavy atom. The standard InChI is InChI=1S/C14H19NOSi/c1-10-5-7-12(8-6-10)13-14(16)17(3,4)11(2)9-15-13/h5-8,11H,9H2,1-4H3. The summed E-state index contributed by atoms with van der Waals surface area (Å²) in [6.07, 6.45) is 0. The lowest BCUT2D eigenvalue weighted by Crippen LogP contribution is -2.50. The van der Waals surface area contributed by atoms with Crippen LogP contribution in [0.1, 0.15) is 18.1 Å². The van der Waals surface area contributed by atoms with E-state index < -0.39 is 8.07 Å². The zero-order valence-corrected chi connectivity index (χ0v) is 11.9. The molecule has 0 N–H and O–H groups in total. The molecule has 0 fully saturated rings. The van der Waals surface area contributed by atoms with E-state index >= 15 is 0 Å². The number of nitrogens with zero attached hydrogens (tertiary/aromatic N) is 1. The van der Waals surface area contributed by atoms with Crippen molar-refractivity contribution >= 4 is 19.2 Å². The van der Waals surface area contributed by atoms with Crippen molar-refractivity contribution in [2.24, 2.45) is 4.99 Å². The average molecular weight is 245 g/mol. The van der Waals surface area contributed by atoms with Crippen LogP contribution in [0.2, 0.25) is 18.6 Å². The number of hydrogen-bond donors (Lipinski definition) is 0. The van der Waals surface area contributed by atoms with Gasteiger partial charge in [-0.1, -0.05) is 49.8 Å². The second kappa shape index (κ2) is 4.22. The predicted octanol–water partition coefficient (Wildman–Crippen LogP) is 3.00. The summed E-state index contributed by atoms with van der Waals surface area (Å²) in [5.74, 6) is 0. The topological polar surface area (TPSA) is 29.4 Å². The molecule has 1 aromatic carbocycles. The lowest BCUT2D eigenvalue weighted by atomic mass is 10.1. The van der Waals surface area contributed by atoms with Crippen LogP contribution in [-0.2, 0) is 4.79 Å². The molecule has 0 saturated carbocycles. The number of rotatable bonds is 1. The molecule has 1 aromatic rings. The molecule has 0 saturated heterocycles. The van der Waals surface area contributed by atoms with Gasteiger partial charge in [0, 0.05) is 12.1 Å². The van der Waals surface area contributed by atoms with E-state index in [1.54, 1.807) is 0 Å². The Morgan fingerprint density at radius 3 is 2.41 bits per heavy atom. The third kappa shape index (κ3) is 2.11. The van der Waals surface area contributed by atoms with Gasteiger partial charge in [-0.3, -0.25) is 9.79 Å². The highest BCUT2D eigenvalue weighted by atomic mass is 28.3. The molecule has 1 unspecified atom stereocenters. The first-order chi connectivity index (χ1) is 7.93. The summed E-state index contributed by atoms with van der Waals surface area (Å²) in [7, 11) is -1.83. The van der Waals surface area contributed by atoms with Crippen LogP contribution >= 0.6 is 0 Å². The van der Waals surface area contributed by atoms with Gasteiger partial charge in [-0.2, -0.15) is 0 Å². The van der Waals surface area contributed by atoms with Crippen molar-refractivity contribution in [3.63, 3.8) is 0 Å². The molecule has 0 bridgehead atoms. The maximum Gasteiger partial charge on any atom is 0.158 e. The van der Waals surface area contributed by atoms with Crippen LogP contribution in [0.5, 0.6) is 0 Å². The number of hydrogen-bond acceptors (Lipinski definition) is 2. The van der Waals surface area contributed by atoms with Crippen LogP contribution in [-0.4, -0.2) is 25.7 Å². The molecule has 0 spiro atoms. The maximum absolute atomic E-state index is 12.5. The Morgan fingerprint density at radius 1 is 1.24 bits per heavy atom. The van der Waals surface area contributed by atoms with E-state index in [2.05, 4.69) is 31.9 Å². The molecule has 0 radical (unpaired) electrons. The first-order valence-electron chi connectivity index (χ1n) is 6.09. The lowest BCUT2D eigenvalue weighted by molar-refractivity contribution is -0.107. The van der Waals surface area contributed by atoms with Gasteiger partial charge < -0.3 is 0 Å². The van der Waals surface area contributed by atoms with Gasteiger partial charge in [0.2, 0.25) is 0 Å². The number of aryl methyl sites for hydroxylation is 1. The SMILES string of the molecule is Cc1ccc(C2=NCC(C)[Si](C)(C)C2=O)cc1. The molecule has 0 amide bonds. The van der Waals surface area contributed by atoms with Crippen LogP contribution < -0.4 is 0 Å². The van der Waals surface area contributed by atoms with Crippen LogP contribution in [0, 0.1) is 6.92 Å². The summed E-state index contributed by atoms with van der Waals surface area (Å²) < 4.78 is 0. The van der Waals surface area contributed by atoms with Crippen molar-refractivity contribution in [2.45, 2.75) is 32.5 Å². The summed E-state index contributed by atoms with van der Waals surface area (Å²) in [4.78, 5) is 17.0. The number of carbonyl (C=O) groups is 1. The molecule has 1 aliphatic heterocycles. The van der Waals surface area contributed by atoms with Gasteiger partial charge in [0.15, 0.2) is 5.41 Å². The minimum Gasteiger partial charge on any atom is -0.298 e. The molecule has 1 heterocycles. The van der Waals surface area contributed by atoms with E-state index in [0.717, 1.165) is 12.1 Å². The van der Waals surface area contributed by atoms with Gasteiger partial charge in [-0.05, 0) is 12.5 Å². The third-order valence-electron chi connectivity index (χ3n) is 3.88. The van der Waals surface area contributed by atoms with Gasteiger partial charge in [0.25, 0.3) is 0 Å². The summed E-state index contributed by atoms with van der Waals surface area (Å²) in [6, 6.07) is 8.09. The Hall–Kier alpha value is -1.22. The molecule has 2 nitrogen and oxygen atoms in total. The largest absolute Gasteiger partial charge is 0.298 e. The zero-order chi connectivity index (χ0) is 12.6. The summed E-state index contributed by atoms with van der Waals surface area (Å²) >= 11 is 0. The Kier molecular flexibility index (Phi) is 3.04. The number of benzene rings is 1. The molecule has 17 heavy (non-hydrogen) atoms. The first kappa shape index (κ1) is 12.2. The van der Waals surface area contributed by atoms with Crippen LogP contribution in [0.25, 0.3) is 0 Å². The molecular formula is C14H19NOSi.